The van der Waals surface area contributed by atoms with Gasteiger partial charge in [-0.05, 0) is 25.1 Å². The van der Waals surface area contributed by atoms with Gasteiger partial charge in [-0.3, -0.25) is 15.6 Å². The van der Waals surface area contributed by atoms with E-state index in [2.05, 4.69) is 16.3 Å². The van der Waals surface area contributed by atoms with Gasteiger partial charge in [0.25, 0.3) is 0 Å². The van der Waals surface area contributed by atoms with E-state index in [1.54, 1.807) is 0 Å². The Kier molecular flexibility index (Phi) is 6.06. The van der Waals surface area contributed by atoms with Gasteiger partial charge in [0.15, 0.2) is 0 Å². The molecule has 1 aliphatic rings. The highest BCUT2D eigenvalue weighted by atomic mass is 16.5. The minimum atomic E-state index is -0.342. The van der Waals surface area contributed by atoms with Crippen molar-refractivity contribution in [3.8, 4) is 11.5 Å². The first-order valence-electron chi connectivity index (χ1n) is 8.62. The zero-order valence-corrected chi connectivity index (χ0v) is 14.6. The molecule has 0 aliphatic carbocycles. The van der Waals surface area contributed by atoms with Crippen LogP contribution in [0.15, 0.2) is 54.6 Å². The summed E-state index contributed by atoms with van der Waals surface area (Å²) in [5.41, 5.74) is 9.42. The molecule has 5 N–H and O–H groups in total. The van der Waals surface area contributed by atoms with E-state index in [4.69, 9.17) is 15.3 Å². The highest BCUT2D eigenvalue weighted by Gasteiger charge is 2.40. The Hall–Kier alpha value is -2.61. The Morgan fingerprint density at radius 2 is 1.73 bits per heavy atom. The molecule has 0 bridgehead atoms. The number of carbonyl (C=O) groups excluding carboxylic acids is 1. The van der Waals surface area contributed by atoms with Crippen molar-refractivity contribution in [1.82, 2.24) is 16.3 Å². The number of amides is 1. The number of hydrogen-bond donors (Lipinski definition) is 4. The molecule has 7 nitrogen and oxygen atoms in total. The molecule has 0 spiro atoms. The molecule has 1 heterocycles. The third-order valence-corrected chi connectivity index (χ3v) is 4.42. The minimum absolute atomic E-state index is 0.0574. The molecule has 1 fully saturated rings. The maximum atomic E-state index is 12.2. The Morgan fingerprint density at radius 3 is 2.50 bits per heavy atom. The van der Waals surface area contributed by atoms with Crippen molar-refractivity contribution in [2.75, 3.05) is 13.2 Å². The molecule has 3 rings (SSSR count). The monoisotopic (exact) mass is 356 g/mol. The maximum absolute atomic E-state index is 12.2. The third kappa shape index (κ3) is 4.13. The summed E-state index contributed by atoms with van der Waals surface area (Å²) in [6, 6.07) is 17.0. The molecule has 138 valence electrons. The first kappa shape index (κ1) is 18.2. The predicted octanol–water partition coefficient (Wildman–Crippen LogP) is 1.29. The van der Waals surface area contributed by atoms with Crippen molar-refractivity contribution in [3.05, 3.63) is 60.2 Å². The Balaban J connectivity index is 1.65. The SMILES string of the molecule is CC1NNC(c2ccccc2OCCOc2ccccc2)C1C(=O)NN. The lowest BCUT2D eigenvalue weighted by Crippen LogP contribution is -2.41. The van der Waals surface area contributed by atoms with Crippen LogP contribution in [0.25, 0.3) is 0 Å². The molecule has 2 aromatic carbocycles. The third-order valence-electron chi connectivity index (χ3n) is 4.42. The molecule has 1 amide bonds. The van der Waals surface area contributed by atoms with Gasteiger partial charge in [0, 0.05) is 11.6 Å². The highest BCUT2D eigenvalue weighted by Crippen LogP contribution is 2.34. The fourth-order valence-corrected chi connectivity index (χ4v) is 3.13. The number of nitrogens with two attached hydrogens (primary N) is 1. The number of carbonyl (C=O) groups is 1. The molecule has 26 heavy (non-hydrogen) atoms. The summed E-state index contributed by atoms with van der Waals surface area (Å²) < 4.78 is 11.6. The normalized spacial score (nSPS) is 22.0. The van der Waals surface area contributed by atoms with E-state index in [1.165, 1.54) is 0 Å². The minimum Gasteiger partial charge on any atom is -0.490 e. The van der Waals surface area contributed by atoms with Crippen LogP contribution in [0.1, 0.15) is 18.5 Å². The second kappa shape index (κ2) is 8.66. The van der Waals surface area contributed by atoms with Crippen molar-refractivity contribution < 1.29 is 14.3 Å². The molecule has 3 unspecified atom stereocenters. The summed E-state index contributed by atoms with van der Waals surface area (Å²) in [6.45, 7) is 2.76. The van der Waals surface area contributed by atoms with Crippen LogP contribution in [-0.4, -0.2) is 25.2 Å². The van der Waals surface area contributed by atoms with Crippen molar-refractivity contribution in [2.24, 2.45) is 11.8 Å². The molecule has 0 saturated carbocycles. The van der Waals surface area contributed by atoms with Crippen molar-refractivity contribution in [2.45, 2.75) is 19.0 Å². The van der Waals surface area contributed by atoms with Gasteiger partial charge < -0.3 is 9.47 Å². The first-order valence-corrected chi connectivity index (χ1v) is 8.62. The summed E-state index contributed by atoms with van der Waals surface area (Å²) >= 11 is 0. The van der Waals surface area contributed by atoms with Gasteiger partial charge >= 0.3 is 0 Å². The summed E-state index contributed by atoms with van der Waals surface area (Å²) in [7, 11) is 0. The Labute approximate surface area is 152 Å². The van der Waals surface area contributed by atoms with Gasteiger partial charge in [-0.25, -0.2) is 11.3 Å². The first-order chi connectivity index (χ1) is 12.7. The zero-order chi connectivity index (χ0) is 18.4. The summed E-state index contributed by atoms with van der Waals surface area (Å²) in [5, 5.41) is 0. The average Bonchev–Trinajstić information content (AvgIpc) is 3.07. The van der Waals surface area contributed by atoms with E-state index in [1.807, 2.05) is 61.5 Å². The molecule has 0 aromatic heterocycles. The van der Waals surface area contributed by atoms with Crippen LogP contribution in [0.5, 0.6) is 11.5 Å². The van der Waals surface area contributed by atoms with E-state index in [9.17, 15) is 4.79 Å². The van der Waals surface area contributed by atoms with Crippen LogP contribution in [0.4, 0.5) is 0 Å². The summed E-state index contributed by atoms with van der Waals surface area (Å²) in [6.07, 6.45) is 0. The number of hydrazine groups is 2. The topological polar surface area (TPSA) is 97.6 Å². The molecular weight excluding hydrogens is 332 g/mol. The van der Waals surface area contributed by atoms with Gasteiger partial charge in [-0.15, -0.1) is 0 Å². The molecule has 7 heteroatoms. The van der Waals surface area contributed by atoms with Crippen LogP contribution in [0.2, 0.25) is 0 Å². The van der Waals surface area contributed by atoms with Gasteiger partial charge in [0.1, 0.15) is 24.7 Å². The van der Waals surface area contributed by atoms with E-state index >= 15 is 0 Å². The number of hydrogen-bond acceptors (Lipinski definition) is 6. The Bertz CT molecular complexity index is 726. The largest absolute Gasteiger partial charge is 0.490 e. The zero-order valence-electron chi connectivity index (χ0n) is 14.6. The van der Waals surface area contributed by atoms with E-state index in [0.29, 0.717) is 19.0 Å². The van der Waals surface area contributed by atoms with Gasteiger partial charge in [0.2, 0.25) is 5.91 Å². The number of benzene rings is 2. The van der Waals surface area contributed by atoms with Crippen molar-refractivity contribution >= 4 is 5.91 Å². The van der Waals surface area contributed by atoms with Gasteiger partial charge in [0.05, 0.1) is 12.0 Å². The highest BCUT2D eigenvalue weighted by molar-refractivity contribution is 5.80. The van der Waals surface area contributed by atoms with Crippen LogP contribution in [0, 0.1) is 5.92 Å². The molecule has 0 radical (unpaired) electrons. The smallest absolute Gasteiger partial charge is 0.240 e. The summed E-state index contributed by atoms with van der Waals surface area (Å²) in [5.74, 6) is 6.30. The van der Waals surface area contributed by atoms with E-state index in [-0.39, 0.29) is 23.9 Å². The maximum Gasteiger partial charge on any atom is 0.240 e. The number of nitrogens with one attached hydrogen (secondary N) is 3. The standard InChI is InChI=1S/C19H24N4O3/c1-13-17(19(24)21-20)18(23-22-13)15-9-5-6-10-16(15)26-12-11-25-14-7-3-2-4-8-14/h2-10,13,17-18,22-23H,11-12,20H2,1H3,(H,21,24). The number of para-hydroxylation sites is 2. The lowest BCUT2D eigenvalue weighted by molar-refractivity contribution is -0.125. The molecule has 1 saturated heterocycles. The Morgan fingerprint density at radius 1 is 1.04 bits per heavy atom. The fraction of sp³-hybridized carbons (Fsp3) is 0.316. The molecule has 2 aromatic rings. The van der Waals surface area contributed by atoms with Crippen molar-refractivity contribution in [3.63, 3.8) is 0 Å². The van der Waals surface area contributed by atoms with Gasteiger partial charge in [-0.2, -0.15) is 0 Å². The molecular formula is C19H24N4O3. The average molecular weight is 356 g/mol. The second-order valence-electron chi connectivity index (χ2n) is 6.14. The number of ether oxygens (including phenoxy) is 2. The second-order valence-corrected chi connectivity index (χ2v) is 6.14. The lowest BCUT2D eigenvalue weighted by atomic mass is 9.89. The fourth-order valence-electron chi connectivity index (χ4n) is 3.13. The van der Waals surface area contributed by atoms with Crippen LogP contribution >= 0.6 is 0 Å². The van der Waals surface area contributed by atoms with Crippen LogP contribution < -0.4 is 31.6 Å². The van der Waals surface area contributed by atoms with Crippen LogP contribution in [0.3, 0.4) is 0 Å². The summed E-state index contributed by atoms with van der Waals surface area (Å²) in [4.78, 5) is 12.2. The van der Waals surface area contributed by atoms with Gasteiger partial charge in [-0.1, -0.05) is 36.4 Å². The molecule has 1 aliphatic heterocycles. The quantitative estimate of drug-likeness (QED) is 0.258. The van der Waals surface area contributed by atoms with E-state index < -0.39 is 0 Å². The predicted molar refractivity (Wildman–Crippen MR) is 98.2 cm³/mol. The lowest BCUT2D eigenvalue weighted by Gasteiger charge is -2.22. The number of rotatable bonds is 7. The van der Waals surface area contributed by atoms with E-state index in [0.717, 1.165) is 11.3 Å². The van der Waals surface area contributed by atoms with Crippen LogP contribution in [-0.2, 0) is 4.79 Å². The van der Waals surface area contributed by atoms with Crippen molar-refractivity contribution in [1.29, 1.82) is 0 Å². The molecule has 3 atom stereocenters.